The molecular formula is C9H16. The molecule has 0 heteroatoms. The monoisotopic (exact) mass is 124 g/mol. The van der Waals surface area contributed by atoms with E-state index in [0.29, 0.717) is 5.41 Å². The molecule has 1 saturated carbocycles. The SMILES string of the molecule is C=C1C[C@@H](CC)C1(C)C. The summed E-state index contributed by atoms with van der Waals surface area (Å²) in [5.41, 5.74) is 1.89. The average Bonchev–Trinajstić information content (AvgIpc) is 1.82. The highest BCUT2D eigenvalue weighted by atomic mass is 14.4. The van der Waals surface area contributed by atoms with Gasteiger partial charge in [0.15, 0.2) is 0 Å². The predicted molar refractivity (Wildman–Crippen MR) is 41.3 cm³/mol. The third kappa shape index (κ3) is 0.810. The van der Waals surface area contributed by atoms with Gasteiger partial charge < -0.3 is 0 Å². The first-order valence-electron chi connectivity index (χ1n) is 3.77. The lowest BCUT2D eigenvalue weighted by atomic mass is 9.58. The number of hydrogen-bond donors (Lipinski definition) is 0. The largest absolute Gasteiger partial charge is 0.0993 e. The standard InChI is InChI=1S/C9H16/c1-5-8-6-7(2)9(8,3)4/h8H,2,5-6H2,1,3-4H3/t8-/m1/s1. The Bertz CT molecular complexity index is 131. The Morgan fingerprint density at radius 3 is 2.33 bits per heavy atom. The van der Waals surface area contributed by atoms with E-state index in [1.807, 2.05) is 0 Å². The van der Waals surface area contributed by atoms with Crippen LogP contribution in [0.25, 0.3) is 0 Å². The highest BCUT2D eigenvalue weighted by Crippen LogP contribution is 2.51. The normalized spacial score (nSPS) is 31.9. The molecular weight excluding hydrogens is 108 g/mol. The zero-order valence-electron chi connectivity index (χ0n) is 6.70. The molecule has 0 bridgehead atoms. The van der Waals surface area contributed by atoms with Gasteiger partial charge in [-0.3, -0.25) is 0 Å². The summed E-state index contributed by atoms with van der Waals surface area (Å²) in [4.78, 5) is 0. The molecule has 0 spiro atoms. The van der Waals surface area contributed by atoms with E-state index in [-0.39, 0.29) is 0 Å². The van der Waals surface area contributed by atoms with Crippen LogP contribution in [0.2, 0.25) is 0 Å². The van der Waals surface area contributed by atoms with Gasteiger partial charge in [0.25, 0.3) is 0 Å². The highest BCUT2D eigenvalue weighted by Gasteiger charge is 2.40. The summed E-state index contributed by atoms with van der Waals surface area (Å²) in [6, 6.07) is 0. The molecule has 0 unspecified atom stereocenters. The summed E-state index contributed by atoms with van der Waals surface area (Å²) in [6.45, 7) is 10.9. The van der Waals surface area contributed by atoms with Crippen molar-refractivity contribution in [1.29, 1.82) is 0 Å². The van der Waals surface area contributed by atoms with E-state index in [2.05, 4.69) is 27.4 Å². The molecule has 0 aromatic carbocycles. The molecule has 1 aliphatic rings. The zero-order chi connectivity index (χ0) is 7.07. The Labute approximate surface area is 58.0 Å². The van der Waals surface area contributed by atoms with Crippen molar-refractivity contribution in [3.8, 4) is 0 Å². The van der Waals surface area contributed by atoms with Crippen molar-refractivity contribution in [1.82, 2.24) is 0 Å². The Hall–Kier alpha value is -0.260. The first-order valence-corrected chi connectivity index (χ1v) is 3.77. The van der Waals surface area contributed by atoms with Gasteiger partial charge in [-0.05, 0) is 17.8 Å². The molecule has 0 heterocycles. The van der Waals surface area contributed by atoms with Crippen molar-refractivity contribution in [2.24, 2.45) is 11.3 Å². The molecule has 0 aromatic rings. The van der Waals surface area contributed by atoms with Crippen molar-refractivity contribution in [3.63, 3.8) is 0 Å². The van der Waals surface area contributed by atoms with Crippen molar-refractivity contribution in [2.75, 3.05) is 0 Å². The van der Waals surface area contributed by atoms with Crippen LogP contribution in [0.4, 0.5) is 0 Å². The first-order chi connectivity index (χ1) is 4.09. The van der Waals surface area contributed by atoms with Crippen LogP contribution in [0.3, 0.4) is 0 Å². The van der Waals surface area contributed by atoms with Crippen molar-refractivity contribution >= 4 is 0 Å². The third-order valence-electron chi connectivity index (χ3n) is 2.92. The van der Waals surface area contributed by atoms with E-state index in [4.69, 9.17) is 0 Å². The Morgan fingerprint density at radius 2 is 2.22 bits per heavy atom. The maximum Gasteiger partial charge on any atom is -0.0116 e. The molecule has 0 aliphatic heterocycles. The molecule has 1 fully saturated rings. The van der Waals surface area contributed by atoms with Gasteiger partial charge in [0.05, 0.1) is 0 Å². The van der Waals surface area contributed by atoms with Gasteiger partial charge in [0.2, 0.25) is 0 Å². The van der Waals surface area contributed by atoms with Crippen molar-refractivity contribution in [3.05, 3.63) is 12.2 Å². The number of rotatable bonds is 1. The van der Waals surface area contributed by atoms with Gasteiger partial charge in [-0.2, -0.15) is 0 Å². The molecule has 1 rings (SSSR count). The Balaban J connectivity index is 2.58. The van der Waals surface area contributed by atoms with Gasteiger partial charge in [-0.1, -0.05) is 39.3 Å². The second-order valence-corrected chi connectivity index (χ2v) is 3.63. The van der Waals surface area contributed by atoms with Crippen LogP contribution >= 0.6 is 0 Å². The molecule has 0 aromatic heterocycles. The molecule has 0 N–H and O–H groups in total. The van der Waals surface area contributed by atoms with Crippen molar-refractivity contribution < 1.29 is 0 Å². The molecule has 1 atom stereocenters. The third-order valence-corrected chi connectivity index (χ3v) is 2.92. The van der Waals surface area contributed by atoms with E-state index in [1.165, 1.54) is 18.4 Å². The van der Waals surface area contributed by atoms with Gasteiger partial charge >= 0.3 is 0 Å². The molecule has 0 radical (unpaired) electrons. The Kier molecular flexibility index (Phi) is 1.42. The van der Waals surface area contributed by atoms with Crippen LogP contribution in [-0.2, 0) is 0 Å². The van der Waals surface area contributed by atoms with Crippen LogP contribution in [-0.4, -0.2) is 0 Å². The van der Waals surface area contributed by atoms with Crippen LogP contribution in [0.5, 0.6) is 0 Å². The first kappa shape index (κ1) is 6.85. The summed E-state index contributed by atoms with van der Waals surface area (Å²) >= 11 is 0. The van der Waals surface area contributed by atoms with Crippen LogP contribution < -0.4 is 0 Å². The van der Waals surface area contributed by atoms with E-state index in [1.54, 1.807) is 0 Å². The predicted octanol–water partition coefficient (Wildman–Crippen LogP) is 3.00. The summed E-state index contributed by atoms with van der Waals surface area (Å²) in [5.74, 6) is 0.907. The Morgan fingerprint density at radius 1 is 1.67 bits per heavy atom. The molecule has 0 saturated heterocycles. The zero-order valence-corrected chi connectivity index (χ0v) is 6.70. The van der Waals surface area contributed by atoms with Crippen LogP contribution in [0, 0.1) is 11.3 Å². The van der Waals surface area contributed by atoms with Gasteiger partial charge in [0.1, 0.15) is 0 Å². The second kappa shape index (κ2) is 1.86. The molecule has 1 aliphatic carbocycles. The van der Waals surface area contributed by atoms with Crippen LogP contribution in [0.1, 0.15) is 33.6 Å². The molecule has 9 heavy (non-hydrogen) atoms. The average molecular weight is 124 g/mol. The van der Waals surface area contributed by atoms with E-state index >= 15 is 0 Å². The van der Waals surface area contributed by atoms with E-state index < -0.39 is 0 Å². The maximum atomic E-state index is 4.01. The molecule has 52 valence electrons. The van der Waals surface area contributed by atoms with E-state index in [0.717, 1.165) is 5.92 Å². The minimum atomic E-state index is 0.453. The fourth-order valence-corrected chi connectivity index (χ4v) is 1.63. The highest BCUT2D eigenvalue weighted by molar-refractivity contribution is 5.20. The number of allylic oxidation sites excluding steroid dienone is 1. The molecule has 0 amide bonds. The molecule has 0 nitrogen and oxygen atoms in total. The second-order valence-electron chi connectivity index (χ2n) is 3.63. The summed E-state index contributed by atoms with van der Waals surface area (Å²) < 4.78 is 0. The fraction of sp³-hybridized carbons (Fsp3) is 0.778. The fourth-order valence-electron chi connectivity index (χ4n) is 1.63. The summed E-state index contributed by atoms with van der Waals surface area (Å²) in [7, 11) is 0. The topological polar surface area (TPSA) is 0 Å². The van der Waals surface area contributed by atoms with Gasteiger partial charge in [0, 0.05) is 0 Å². The smallest absolute Gasteiger partial charge is 0.0116 e. The lowest BCUT2D eigenvalue weighted by molar-refractivity contribution is 0.162. The van der Waals surface area contributed by atoms with Crippen molar-refractivity contribution in [2.45, 2.75) is 33.6 Å². The lowest BCUT2D eigenvalue weighted by Gasteiger charge is -2.46. The van der Waals surface area contributed by atoms with E-state index in [9.17, 15) is 0 Å². The summed E-state index contributed by atoms with van der Waals surface area (Å²) in [5, 5.41) is 0. The minimum absolute atomic E-state index is 0.453. The maximum absolute atomic E-state index is 4.01. The van der Waals surface area contributed by atoms with Gasteiger partial charge in [-0.15, -0.1) is 0 Å². The van der Waals surface area contributed by atoms with Gasteiger partial charge in [-0.25, -0.2) is 0 Å². The summed E-state index contributed by atoms with van der Waals surface area (Å²) in [6.07, 6.45) is 2.58. The van der Waals surface area contributed by atoms with Crippen LogP contribution in [0.15, 0.2) is 12.2 Å². The quantitative estimate of drug-likeness (QED) is 0.471. The number of hydrogen-bond acceptors (Lipinski definition) is 0. The lowest BCUT2D eigenvalue weighted by Crippen LogP contribution is -2.36. The minimum Gasteiger partial charge on any atom is -0.0993 e.